The van der Waals surface area contributed by atoms with Crippen molar-refractivity contribution in [1.82, 2.24) is 14.2 Å². The summed E-state index contributed by atoms with van der Waals surface area (Å²) < 4.78 is 32.5. The molecule has 3 heterocycles. The van der Waals surface area contributed by atoms with Crippen LogP contribution in [0.3, 0.4) is 0 Å². The smallest absolute Gasteiger partial charge is 0.229 e. The van der Waals surface area contributed by atoms with Crippen molar-refractivity contribution in [3.05, 3.63) is 24.5 Å². The van der Waals surface area contributed by atoms with Gasteiger partial charge in [-0.2, -0.15) is 4.31 Å². The molecule has 2 fully saturated rings. The first kappa shape index (κ1) is 18.8. The van der Waals surface area contributed by atoms with Crippen molar-refractivity contribution < 1.29 is 22.7 Å². The Kier molecular flexibility index (Phi) is 5.87. The maximum atomic E-state index is 12.7. The molecule has 3 rings (SSSR count). The molecule has 9 heteroatoms. The Morgan fingerprint density at radius 2 is 1.81 bits per heavy atom. The maximum Gasteiger partial charge on any atom is 0.229 e. The molecule has 0 spiro atoms. The monoisotopic (exact) mass is 381 g/mol. The van der Waals surface area contributed by atoms with Crippen molar-refractivity contribution in [2.24, 2.45) is 0 Å². The molecule has 2 saturated heterocycles. The Labute approximate surface area is 153 Å². The second-order valence-electron chi connectivity index (χ2n) is 6.53. The van der Waals surface area contributed by atoms with Gasteiger partial charge in [0.1, 0.15) is 11.9 Å². The first-order valence-electron chi connectivity index (χ1n) is 8.83. The summed E-state index contributed by atoms with van der Waals surface area (Å²) in [6.45, 7) is 0.624. The fraction of sp³-hybridized carbons (Fsp3) is 0.588. The summed E-state index contributed by atoms with van der Waals surface area (Å²) in [5, 5.41) is 0. The molecular weight excluding hydrogens is 358 g/mol. The van der Waals surface area contributed by atoms with Gasteiger partial charge in [-0.25, -0.2) is 8.42 Å². The molecular formula is C17H23N3O5S. The number of imide groups is 1. The van der Waals surface area contributed by atoms with Crippen molar-refractivity contribution in [3.63, 3.8) is 0 Å². The number of carbonyl (C=O) groups is 2. The van der Waals surface area contributed by atoms with Crippen LogP contribution in [0.4, 0.5) is 0 Å². The van der Waals surface area contributed by atoms with Gasteiger partial charge in [-0.1, -0.05) is 0 Å². The fourth-order valence-corrected chi connectivity index (χ4v) is 4.72. The summed E-state index contributed by atoms with van der Waals surface area (Å²) in [6, 6.07) is 3.47. The van der Waals surface area contributed by atoms with Crippen molar-refractivity contribution in [2.75, 3.05) is 25.4 Å². The van der Waals surface area contributed by atoms with E-state index in [1.54, 1.807) is 24.5 Å². The lowest BCUT2D eigenvalue weighted by atomic mass is 10.1. The van der Waals surface area contributed by atoms with E-state index in [9.17, 15) is 18.0 Å². The number of aromatic nitrogens is 1. The van der Waals surface area contributed by atoms with Crippen molar-refractivity contribution >= 4 is 21.8 Å². The lowest BCUT2D eigenvalue weighted by Crippen LogP contribution is -2.48. The van der Waals surface area contributed by atoms with Crippen LogP contribution < -0.4 is 4.74 Å². The number of sulfonamides is 1. The summed E-state index contributed by atoms with van der Waals surface area (Å²) in [5.74, 6) is -0.149. The molecule has 1 unspecified atom stereocenters. The largest absolute Gasteiger partial charge is 0.489 e. The van der Waals surface area contributed by atoms with Gasteiger partial charge < -0.3 is 4.74 Å². The van der Waals surface area contributed by atoms with Crippen LogP contribution >= 0.6 is 0 Å². The van der Waals surface area contributed by atoms with Crippen LogP contribution in [-0.4, -0.2) is 65.9 Å². The number of piperidine rings is 2. The number of likely N-dealkylation sites (tertiary alicyclic amines) is 1. The van der Waals surface area contributed by atoms with Crippen molar-refractivity contribution in [2.45, 2.75) is 38.2 Å². The van der Waals surface area contributed by atoms with Gasteiger partial charge in [0.05, 0.1) is 12.3 Å². The molecule has 142 valence electrons. The quantitative estimate of drug-likeness (QED) is 0.676. The average molecular weight is 381 g/mol. The Morgan fingerprint density at radius 1 is 1.12 bits per heavy atom. The van der Waals surface area contributed by atoms with Gasteiger partial charge in [0.15, 0.2) is 0 Å². The minimum absolute atomic E-state index is 0.0770. The SMILES string of the molecule is O=C1CCCC(=O)N1CCS(=O)(=O)N1CCCC(Oc2ccncc2)C1. The van der Waals surface area contributed by atoms with Crippen LogP contribution in [0, 0.1) is 0 Å². The molecule has 0 bridgehead atoms. The standard InChI is InChI=1S/C17H23N3O5S/c21-16-4-1-5-17(22)20(16)11-12-26(23,24)19-10-2-3-15(13-19)25-14-6-8-18-9-7-14/h6-9,15H,1-5,10-13H2. The molecule has 1 aromatic heterocycles. The molecule has 1 atom stereocenters. The predicted octanol–water partition coefficient (Wildman–Crippen LogP) is 0.794. The van der Waals surface area contributed by atoms with Crippen LogP contribution in [0.25, 0.3) is 0 Å². The highest BCUT2D eigenvalue weighted by atomic mass is 32.2. The Morgan fingerprint density at radius 3 is 2.50 bits per heavy atom. The predicted molar refractivity (Wildman–Crippen MR) is 93.8 cm³/mol. The van der Waals surface area contributed by atoms with Crippen LogP contribution in [0.2, 0.25) is 0 Å². The number of hydrogen-bond acceptors (Lipinski definition) is 6. The van der Waals surface area contributed by atoms with Gasteiger partial charge in [0.25, 0.3) is 0 Å². The minimum Gasteiger partial charge on any atom is -0.489 e. The van der Waals surface area contributed by atoms with E-state index in [1.807, 2.05) is 0 Å². The molecule has 0 radical (unpaired) electrons. The zero-order valence-corrected chi connectivity index (χ0v) is 15.4. The van der Waals surface area contributed by atoms with Gasteiger partial charge >= 0.3 is 0 Å². The van der Waals surface area contributed by atoms with E-state index in [2.05, 4.69) is 4.98 Å². The third-order valence-electron chi connectivity index (χ3n) is 4.64. The Balaban J connectivity index is 1.58. The van der Waals surface area contributed by atoms with Crippen LogP contribution in [0.5, 0.6) is 5.75 Å². The Hall–Kier alpha value is -2.00. The first-order valence-corrected chi connectivity index (χ1v) is 10.4. The van der Waals surface area contributed by atoms with E-state index >= 15 is 0 Å². The molecule has 2 aliphatic rings. The Bertz CT molecular complexity index is 737. The third-order valence-corrected chi connectivity index (χ3v) is 6.46. The number of amides is 2. The lowest BCUT2D eigenvalue weighted by Gasteiger charge is -2.33. The number of ether oxygens (including phenoxy) is 1. The fourth-order valence-electron chi connectivity index (χ4n) is 3.25. The number of nitrogens with zero attached hydrogens (tertiary/aromatic N) is 3. The highest BCUT2D eigenvalue weighted by molar-refractivity contribution is 7.89. The molecule has 0 N–H and O–H groups in total. The van der Waals surface area contributed by atoms with E-state index in [0.29, 0.717) is 38.0 Å². The minimum atomic E-state index is -3.56. The normalized spacial score (nSPS) is 22.5. The van der Waals surface area contributed by atoms with Gasteiger partial charge in [-0.3, -0.25) is 19.5 Å². The number of carbonyl (C=O) groups excluding carboxylic acids is 2. The molecule has 26 heavy (non-hydrogen) atoms. The van der Waals surface area contributed by atoms with Gasteiger partial charge in [0.2, 0.25) is 21.8 Å². The summed E-state index contributed by atoms with van der Waals surface area (Å²) in [7, 11) is -3.56. The van der Waals surface area contributed by atoms with E-state index < -0.39 is 10.0 Å². The highest BCUT2D eigenvalue weighted by Gasteiger charge is 2.32. The first-order chi connectivity index (χ1) is 12.5. The van der Waals surface area contributed by atoms with E-state index in [1.165, 1.54) is 4.31 Å². The van der Waals surface area contributed by atoms with Gasteiger partial charge in [-0.15, -0.1) is 0 Å². The number of pyridine rings is 1. The summed E-state index contributed by atoms with van der Waals surface area (Å²) >= 11 is 0. The van der Waals surface area contributed by atoms with Gasteiger partial charge in [-0.05, 0) is 31.4 Å². The highest BCUT2D eigenvalue weighted by Crippen LogP contribution is 2.20. The summed E-state index contributed by atoms with van der Waals surface area (Å²) in [6.07, 6.45) is 5.65. The topological polar surface area (TPSA) is 96.9 Å². The summed E-state index contributed by atoms with van der Waals surface area (Å²) in [4.78, 5) is 28.7. The average Bonchev–Trinajstić information content (AvgIpc) is 2.62. The second-order valence-corrected chi connectivity index (χ2v) is 8.62. The molecule has 2 amide bonds. The second kappa shape index (κ2) is 8.13. The zero-order chi connectivity index (χ0) is 18.6. The van der Waals surface area contributed by atoms with E-state index in [-0.39, 0.29) is 36.8 Å². The van der Waals surface area contributed by atoms with E-state index in [4.69, 9.17) is 4.74 Å². The zero-order valence-electron chi connectivity index (χ0n) is 14.5. The number of rotatable bonds is 6. The number of hydrogen-bond donors (Lipinski definition) is 0. The maximum absolute atomic E-state index is 12.7. The molecule has 0 aliphatic carbocycles. The van der Waals surface area contributed by atoms with Crippen LogP contribution in [0.15, 0.2) is 24.5 Å². The molecule has 8 nitrogen and oxygen atoms in total. The van der Waals surface area contributed by atoms with Crippen molar-refractivity contribution in [3.8, 4) is 5.75 Å². The summed E-state index contributed by atoms with van der Waals surface area (Å²) in [5.41, 5.74) is 0. The van der Waals surface area contributed by atoms with E-state index in [0.717, 1.165) is 11.3 Å². The third kappa shape index (κ3) is 4.59. The molecule has 1 aromatic rings. The van der Waals surface area contributed by atoms with Crippen LogP contribution in [-0.2, 0) is 19.6 Å². The molecule has 0 saturated carbocycles. The molecule has 0 aromatic carbocycles. The molecule has 2 aliphatic heterocycles. The lowest BCUT2D eigenvalue weighted by molar-refractivity contribution is -0.147. The van der Waals surface area contributed by atoms with Crippen LogP contribution in [0.1, 0.15) is 32.1 Å². The van der Waals surface area contributed by atoms with Gasteiger partial charge in [0, 0.05) is 38.3 Å². The van der Waals surface area contributed by atoms with Crippen molar-refractivity contribution in [1.29, 1.82) is 0 Å².